The van der Waals surface area contributed by atoms with Crippen LogP contribution in [0.2, 0.25) is 0 Å². The number of hydrogen-bond donors (Lipinski definition) is 4. The third-order valence-electron chi connectivity index (χ3n) is 2.81. The van der Waals surface area contributed by atoms with Gasteiger partial charge in [0, 0.05) is 9.79 Å². The van der Waals surface area contributed by atoms with E-state index < -0.39 is 11.9 Å². The Bertz CT molecular complexity index is 686. The van der Waals surface area contributed by atoms with Gasteiger partial charge in [0.2, 0.25) is 0 Å². The van der Waals surface area contributed by atoms with Gasteiger partial charge in [-0.1, -0.05) is 33.7 Å². The first-order chi connectivity index (χ1) is 10.4. The van der Waals surface area contributed by atoms with Crippen molar-refractivity contribution in [1.29, 1.82) is 0 Å². The number of carboxylic acids is 2. The van der Waals surface area contributed by atoms with Crippen molar-refractivity contribution >= 4 is 44.9 Å². The van der Waals surface area contributed by atoms with Crippen LogP contribution in [0.25, 0.3) is 0 Å². The van der Waals surface area contributed by atoms with Gasteiger partial charge in [-0.05, 0) is 24.3 Å². The number of rotatable bonds is 5. The fourth-order valence-electron chi connectivity index (χ4n) is 1.70. The molecule has 0 amide bonds. The highest BCUT2D eigenvalue weighted by Crippen LogP contribution is 2.43. The second-order valence-corrected chi connectivity index (χ2v) is 6.42. The van der Waals surface area contributed by atoms with Gasteiger partial charge in [-0.15, -0.1) is 0 Å². The zero-order valence-electron chi connectivity index (χ0n) is 11.1. The normalized spacial score (nSPS) is 10.4. The molecule has 0 aromatic heterocycles. The topological polar surface area (TPSA) is 127 Å². The summed E-state index contributed by atoms with van der Waals surface area (Å²) in [7, 11) is 2.44. The van der Waals surface area contributed by atoms with Crippen molar-refractivity contribution in [2.24, 2.45) is 0 Å². The fourth-order valence-corrected chi connectivity index (χ4v) is 3.95. The molecule has 22 heavy (non-hydrogen) atoms. The van der Waals surface area contributed by atoms with Gasteiger partial charge in [0.25, 0.3) is 0 Å². The Morgan fingerprint density at radius 2 is 1.14 bits per heavy atom. The molecule has 0 spiro atoms. The molecule has 0 radical (unpaired) electrons. The van der Waals surface area contributed by atoms with Crippen LogP contribution in [0.5, 0.6) is 0 Å². The Morgan fingerprint density at radius 1 is 0.773 bits per heavy atom. The van der Waals surface area contributed by atoms with Crippen LogP contribution < -0.4 is 11.5 Å². The maximum Gasteiger partial charge on any atom is 0.337 e. The minimum Gasteiger partial charge on any atom is -0.478 e. The number of para-hydroxylation sites is 2. The molecule has 0 unspecified atom stereocenters. The smallest absolute Gasteiger partial charge is 0.337 e. The Kier molecular flexibility index (Phi) is 4.84. The average molecular weight is 336 g/mol. The number of nitrogens with two attached hydrogens (primary N) is 2. The van der Waals surface area contributed by atoms with E-state index in [1.165, 1.54) is 33.7 Å². The first-order valence-corrected chi connectivity index (χ1v) is 8.15. The summed E-state index contributed by atoms with van der Waals surface area (Å²) in [4.78, 5) is 23.2. The molecule has 0 saturated carbocycles. The van der Waals surface area contributed by atoms with E-state index >= 15 is 0 Å². The molecule has 2 aromatic rings. The number of anilines is 2. The molecular formula is C14H12N2O4S2. The molecule has 0 bridgehead atoms. The maximum absolute atomic E-state index is 11.0. The highest BCUT2D eigenvalue weighted by molar-refractivity contribution is 8.76. The molecule has 6 nitrogen and oxygen atoms in total. The highest BCUT2D eigenvalue weighted by atomic mass is 33.1. The summed E-state index contributed by atoms with van der Waals surface area (Å²) in [5.41, 5.74) is 12.0. The van der Waals surface area contributed by atoms with E-state index in [2.05, 4.69) is 0 Å². The van der Waals surface area contributed by atoms with Gasteiger partial charge in [0.1, 0.15) is 0 Å². The number of nitrogen functional groups attached to an aromatic ring is 2. The van der Waals surface area contributed by atoms with E-state index in [1.807, 2.05) is 0 Å². The standard InChI is InChI=1S/C14H12N2O4S2/c15-11-7(13(17)18)3-1-5-9(11)21-22-10-6-2-4-8(12(10)16)14(19)20/h1-6H,15-16H2,(H,17,18)(H,19,20). The Hall–Kier alpha value is -2.32. The zero-order valence-corrected chi connectivity index (χ0v) is 12.8. The van der Waals surface area contributed by atoms with Gasteiger partial charge in [0.15, 0.2) is 0 Å². The second-order valence-electron chi connectivity index (χ2n) is 4.21. The minimum atomic E-state index is -1.10. The summed E-state index contributed by atoms with van der Waals surface area (Å²) >= 11 is 0. The summed E-state index contributed by atoms with van der Waals surface area (Å²) < 4.78 is 0. The van der Waals surface area contributed by atoms with Crippen molar-refractivity contribution in [3.8, 4) is 0 Å². The van der Waals surface area contributed by atoms with Crippen molar-refractivity contribution in [2.45, 2.75) is 9.79 Å². The fraction of sp³-hybridized carbons (Fsp3) is 0. The molecule has 0 aliphatic carbocycles. The quantitative estimate of drug-likeness (QED) is 0.485. The summed E-state index contributed by atoms with van der Waals surface area (Å²) in [5, 5.41) is 18.1. The van der Waals surface area contributed by atoms with Crippen LogP contribution in [0.3, 0.4) is 0 Å². The molecular weight excluding hydrogens is 324 g/mol. The largest absolute Gasteiger partial charge is 0.478 e. The molecule has 2 rings (SSSR count). The van der Waals surface area contributed by atoms with E-state index in [1.54, 1.807) is 24.3 Å². The lowest BCUT2D eigenvalue weighted by atomic mass is 10.2. The zero-order chi connectivity index (χ0) is 16.3. The predicted octanol–water partition coefficient (Wildman–Crippen LogP) is 3.05. The lowest BCUT2D eigenvalue weighted by molar-refractivity contribution is 0.0687. The SMILES string of the molecule is Nc1c(SSc2cccc(C(=O)O)c2N)cccc1C(=O)O. The van der Waals surface area contributed by atoms with Crippen molar-refractivity contribution in [3.63, 3.8) is 0 Å². The maximum atomic E-state index is 11.0. The molecule has 0 saturated heterocycles. The Morgan fingerprint density at radius 3 is 1.45 bits per heavy atom. The molecule has 6 N–H and O–H groups in total. The van der Waals surface area contributed by atoms with Crippen LogP contribution in [0.4, 0.5) is 11.4 Å². The Balaban J connectivity index is 2.25. The number of hydrogen-bond acceptors (Lipinski definition) is 6. The molecule has 8 heteroatoms. The Labute approximate surface area is 133 Å². The number of carbonyl (C=O) groups is 2. The second kappa shape index (κ2) is 6.63. The van der Waals surface area contributed by atoms with E-state index in [0.717, 1.165) is 0 Å². The van der Waals surface area contributed by atoms with Gasteiger partial charge in [-0.25, -0.2) is 9.59 Å². The van der Waals surface area contributed by atoms with Gasteiger partial charge in [-0.2, -0.15) is 0 Å². The van der Waals surface area contributed by atoms with E-state index in [0.29, 0.717) is 9.79 Å². The van der Waals surface area contributed by atoms with Crippen molar-refractivity contribution in [3.05, 3.63) is 47.5 Å². The van der Waals surface area contributed by atoms with Crippen LogP contribution in [-0.2, 0) is 0 Å². The summed E-state index contributed by atoms with van der Waals surface area (Å²) in [5.74, 6) is -2.20. The van der Waals surface area contributed by atoms with Crippen LogP contribution in [0.15, 0.2) is 46.2 Å². The van der Waals surface area contributed by atoms with E-state index in [4.69, 9.17) is 21.7 Å². The predicted molar refractivity (Wildman–Crippen MR) is 87.3 cm³/mol. The summed E-state index contributed by atoms with van der Waals surface area (Å²) in [6.07, 6.45) is 0. The average Bonchev–Trinajstić information content (AvgIpc) is 2.46. The van der Waals surface area contributed by atoms with Gasteiger partial charge >= 0.3 is 11.9 Å². The third-order valence-corrected chi connectivity index (χ3v) is 5.30. The van der Waals surface area contributed by atoms with E-state index in [9.17, 15) is 9.59 Å². The minimum absolute atomic E-state index is 0.0258. The third kappa shape index (κ3) is 3.29. The molecule has 0 fully saturated rings. The molecule has 2 aromatic carbocycles. The van der Waals surface area contributed by atoms with Gasteiger partial charge in [-0.3, -0.25) is 0 Å². The van der Waals surface area contributed by atoms with Crippen LogP contribution in [0.1, 0.15) is 20.7 Å². The molecule has 0 atom stereocenters. The summed E-state index contributed by atoms with van der Waals surface area (Å²) in [6.45, 7) is 0. The number of benzene rings is 2. The monoisotopic (exact) mass is 336 g/mol. The van der Waals surface area contributed by atoms with E-state index in [-0.39, 0.29) is 22.5 Å². The van der Waals surface area contributed by atoms with Crippen LogP contribution in [-0.4, -0.2) is 22.2 Å². The molecule has 0 aliphatic rings. The van der Waals surface area contributed by atoms with Crippen LogP contribution >= 0.6 is 21.6 Å². The highest BCUT2D eigenvalue weighted by Gasteiger charge is 2.14. The lowest BCUT2D eigenvalue weighted by Crippen LogP contribution is -2.03. The summed E-state index contributed by atoms with van der Waals surface area (Å²) in [6, 6.07) is 9.42. The van der Waals surface area contributed by atoms with Crippen molar-refractivity contribution < 1.29 is 19.8 Å². The first-order valence-electron chi connectivity index (χ1n) is 6.00. The molecule has 114 valence electrons. The molecule has 0 heterocycles. The van der Waals surface area contributed by atoms with Gasteiger partial charge in [0.05, 0.1) is 22.5 Å². The van der Waals surface area contributed by atoms with Crippen molar-refractivity contribution in [2.75, 3.05) is 11.5 Å². The van der Waals surface area contributed by atoms with Crippen molar-refractivity contribution in [1.82, 2.24) is 0 Å². The first kappa shape index (κ1) is 16.1. The van der Waals surface area contributed by atoms with Crippen LogP contribution in [0, 0.1) is 0 Å². The molecule has 0 aliphatic heterocycles. The number of aromatic carboxylic acids is 2. The lowest BCUT2D eigenvalue weighted by Gasteiger charge is -2.09. The number of carboxylic acid groups (broad SMARTS) is 2. The van der Waals surface area contributed by atoms with Gasteiger partial charge < -0.3 is 21.7 Å².